The Bertz CT molecular complexity index is 1110. The molecule has 0 aliphatic carbocycles. The summed E-state index contributed by atoms with van der Waals surface area (Å²) in [6.07, 6.45) is 0.834. The summed E-state index contributed by atoms with van der Waals surface area (Å²) in [7, 11) is -3.85. The maximum atomic E-state index is 13.6. The highest BCUT2D eigenvalue weighted by Gasteiger charge is 2.19. The molecular weight excluding hydrogens is 408 g/mol. The first-order valence-corrected chi connectivity index (χ1v) is 10.2. The van der Waals surface area contributed by atoms with Crippen LogP contribution in [0.1, 0.15) is 15.9 Å². The van der Waals surface area contributed by atoms with Crippen molar-refractivity contribution in [3.05, 3.63) is 82.7 Å². The highest BCUT2D eigenvalue weighted by atomic mass is 32.2. The van der Waals surface area contributed by atoms with E-state index in [4.69, 9.17) is 0 Å². The third-order valence-corrected chi connectivity index (χ3v) is 6.30. The second kappa shape index (κ2) is 8.28. The van der Waals surface area contributed by atoms with Crippen molar-refractivity contribution in [1.29, 1.82) is 0 Å². The van der Waals surface area contributed by atoms with Gasteiger partial charge in [0.1, 0.15) is 15.8 Å². The molecule has 2 N–H and O–H groups in total. The number of amides is 1. The fourth-order valence-corrected chi connectivity index (χ4v) is 4.30. The van der Waals surface area contributed by atoms with Gasteiger partial charge in [-0.25, -0.2) is 22.6 Å². The molecule has 3 aromatic rings. The van der Waals surface area contributed by atoms with E-state index in [0.717, 1.165) is 29.7 Å². The van der Waals surface area contributed by atoms with Crippen molar-refractivity contribution in [2.45, 2.75) is 4.21 Å². The number of nitrogens with one attached hydrogen (secondary N) is 2. The van der Waals surface area contributed by atoms with Gasteiger partial charge in [-0.15, -0.1) is 11.3 Å². The van der Waals surface area contributed by atoms with Crippen molar-refractivity contribution in [2.75, 3.05) is 4.72 Å². The minimum Gasteiger partial charge on any atom is -0.278 e. The van der Waals surface area contributed by atoms with Gasteiger partial charge in [-0.3, -0.25) is 9.52 Å². The topological polar surface area (TPSA) is 87.6 Å². The van der Waals surface area contributed by atoms with E-state index in [0.29, 0.717) is 0 Å². The summed E-state index contributed by atoms with van der Waals surface area (Å²) in [6, 6.07) is 12.2. The molecule has 144 valence electrons. The average molecular weight is 421 g/mol. The summed E-state index contributed by atoms with van der Waals surface area (Å²) in [6.45, 7) is 0. The Morgan fingerprint density at radius 1 is 1.00 bits per heavy atom. The van der Waals surface area contributed by atoms with Gasteiger partial charge in [-0.1, -0.05) is 24.3 Å². The van der Waals surface area contributed by atoms with Gasteiger partial charge in [0.2, 0.25) is 0 Å². The Balaban J connectivity index is 1.79. The third kappa shape index (κ3) is 4.41. The van der Waals surface area contributed by atoms with Crippen LogP contribution in [0, 0.1) is 11.6 Å². The van der Waals surface area contributed by atoms with Crippen LogP contribution in [0.5, 0.6) is 0 Å². The molecule has 6 nitrogen and oxygen atoms in total. The quantitative estimate of drug-likeness (QED) is 0.471. The molecule has 0 aliphatic rings. The number of benzene rings is 2. The number of carbonyl (C=O) groups is 1. The van der Waals surface area contributed by atoms with Crippen LogP contribution < -0.4 is 10.1 Å². The molecule has 0 radical (unpaired) electrons. The van der Waals surface area contributed by atoms with Crippen molar-refractivity contribution in [3.8, 4) is 0 Å². The number of anilines is 1. The van der Waals surface area contributed by atoms with E-state index >= 15 is 0 Å². The van der Waals surface area contributed by atoms with E-state index in [1.807, 2.05) is 0 Å². The van der Waals surface area contributed by atoms with Crippen molar-refractivity contribution in [3.63, 3.8) is 0 Å². The average Bonchev–Trinajstić information content (AvgIpc) is 3.20. The van der Waals surface area contributed by atoms with Gasteiger partial charge in [0.15, 0.2) is 0 Å². The lowest BCUT2D eigenvalue weighted by atomic mass is 10.2. The first kappa shape index (κ1) is 19.6. The molecule has 1 aromatic heterocycles. The van der Waals surface area contributed by atoms with E-state index in [1.165, 1.54) is 30.3 Å². The van der Waals surface area contributed by atoms with Gasteiger partial charge in [0, 0.05) is 0 Å². The van der Waals surface area contributed by atoms with E-state index < -0.39 is 33.1 Å². The predicted molar refractivity (Wildman–Crippen MR) is 103 cm³/mol. The molecule has 0 atom stereocenters. The van der Waals surface area contributed by atoms with Crippen molar-refractivity contribution in [1.82, 2.24) is 5.43 Å². The molecule has 3 rings (SSSR count). The Hall–Kier alpha value is -3.11. The zero-order valence-electron chi connectivity index (χ0n) is 14.1. The van der Waals surface area contributed by atoms with Gasteiger partial charge >= 0.3 is 0 Å². The molecule has 0 bridgehead atoms. The van der Waals surface area contributed by atoms with E-state index in [-0.39, 0.29) is 15.5 Å². The number of hydrogen-bond donors (Lipinski definition) is 2. The van der Waals surface area contributed by atoms with Gasteiger partial charge < -0.3 is 0 Å². The molecule has 0 saturated heterocycles. The number of carbonyl (C=O) groups excluding carboxylic acids is 1. The molecule has 28 heavy (non-hydrogen) atoms. The largest absolute Gasteiger partial charge is 0.278 e. The molecule has 2 aromatic carbocycles. The highest BCUT2D eigenvalue weighted by molar-refractivity contribution is 7.94. The predicted octanol–water partition coefficient (Wildman–Crippen LogP) is 3.59. The summed E-state index contributed by atoms with van der Waals surface area (Å²) in [5, 5.41) is 5.16. The minimum absolute atomic E-state index is 0.00575. The maximum absolute atomic E-state index is 13.6. The molecule has 10 heteroatoms. The smallest absolute Gasteiger partial charge is 0.273 e. The highest BCUT2D eigenvalue weighted by Crippen LogP contribution is 2.22. The van der Waals surface area contributed by atoms with Crippen molar-refractivity contribution >= 4 is 39.2 Å². The van der Waals surface area contributed by atoms with Crippen LogP contribution in [-0.2, 0) is 10.0 Å². The molecule has 0 spiro atoms. The third-order valence-electron chi connectivity index (χ3n) is 3.54. The summed E-state index contributed by atoms with van der Waals surface area (Å²) >= 11 is 1.03. The van der Waals surface area contributed by atoms with Crippen LogP contribution in [0.3, 0.4) is 0 Å². The first-order chi connectivity index (χ1) is 13.4. The van der Waals surface area contributed by atoms with E-state index in [1.54, 1.807) is 17.5 Å². The van der Waals surface area contributed by atoms with Gasteiger partial charge in [-0.2, -0.15) is 5.10 Å². The van der Waals surface area contributed by atoms with Gasteiger partial charge in [0.25, 0.3) is 15.9 Å². The Morgan fingerprint density at radius 3 is 2.39 bits per heavy atom. The summed E-state index contributed by atoms with van der Waals surface area (Å²) in [5.41, 5.74) is 1.76. The molecule has 0 aliphatic heterocycles. The van der Waals surface area contributed by atoms with E-state index in [9.17, 15) is 22.0 Å². The zero-order chi connectivity index (χ0) is 20.1. The number of sulfonamides is 1. The van der Waals surface area contributed by atoms with Crippen molar-refractivity contribution < 1.29 is 22.0 Å². The molecular formula is C18H13F2N3O3S2. The second-order valence-corrected chi connectivity index (χ2v) is 8.27. The lowest BCUT2D eigenvalue weighted by Crippen LogP contribution is -2.21. The Kier molecular flexibility index (Phi) is 5.81. The molecule has 1 amide bonds. The summed E-state index contributed by atoms with van der Waals surface area (Å²) < 4.78 is 54.3. The fraction of sp³-hybridized carbons (Fsp3) is 0. The van der Waals surface area contributed by atoms with Gasteiger partial charge in [0.05, 0.1) is 23.0 Å². The second-order valence-electron chi connectivity index (χ2n) is 5.42. The molecule has 0 fully saturated rings. The first-order valence-electron chi connectivity index (χ1n) is 7.81. The van der Waals surface area contributed by atoms with Crippen LogP contribution in [0.2, 0.25) is 0 Å². The van der Waals surface area contributed by atoms with Crippen LogP contribution in [0.15, 0.2) is 69.3 Å². The Morgan fingerprint density at radius 2 is 1.71 bits per heavy atom. The molecule has 0 unspecified atom stereocenters. The monoisotopic (exact) mass is 421 g/mol. The number of para-hydroxylation sites is 1. The number of hydrazone groups is 1. The number of rotatable bonds is 6. The number of hydrogen-bond acceptors (Lipinski definition) is 5. The standard InChI is InChI=1S/C18H13F2N3O3S2/c19-14-6-3-7-15(20)13(14)11-21-22-18(24)12-5-1-2-8-16(12)23-28(25,26)17-9-4-10-27-17/h1-11,23H,(H,22,24). The number of nitrogens with zero attached hydrogens (tertiary/aromatic N) is 1. The van der Waals surface area contributed by atoms with Crippen LogP contribution in [0.25, 0.3) is 0 Å². The zero-order valence-corrected chi connectivity index (χ0v) is 15.7. The maximum Gasteiger partial charge on any atom is 0.273 e. The summed E-state index contributed by atoms with van der Waals surface area (Å²) in [5.74, 6) is -2.42. The van der Waals surface area contributed by atoms with Crippen LogP contribution in [0.4, 0.5) is 14.5 Å². The normalized spacial score (nSPS) is 11.5. The minimum atomic E-state index is -3.85. The Labute approximate surface area is 163 Å². The lowest BCUT2D eigenvalue weighted by Gasteiger charge is -2.10. The van der Waals surface area contributed by atoms with Crippen LogP contribution in [-0.4, -0.2) is 20.5 Å². The van der Waals surface area contributed by atoms with E-state index in [2.05, 4.69) is 15.2 Å². The van der Waals surface area contributed by atoms with Crippen LogP contribution >= 0.6 is 11.3 Å². The lowest BCUT2D eigenvalue weighted by molar-refractivity contribution is 0.0956. The molecule has 0 saturated carbocycles. The number of thiophene rings is 1. The number of halogens is 2. The fourth-order valence-electron chi connectivity index (χ4n) is 2.23. The van der Waals surface area contributed by atoms with Crippen molar-refractivity contribution in [2.24, 2.45) is 5.10 Å². The summed E-state index contributed by atoms with van der Waals surface area (Å²) in [4.78, 5) is 12.4. The van der Waals surface area contributed by atoms with Gasteiger partial charge in [-0.05, 0) is 35.7 Å². The SMILES string of the molecule is O=C(NN=Cc1c(F)cccc1F)c1ccccc1NS(=O)(=O)c1cccs1. The molecule has 1 heterocycles.